The molecule has 0 aliphatic carbocycles. The SMILES string of the molecule is Nc1nccc(N2CCC(c3[nH]ncc3-c3cccc(F)c3)CC2)n1. The van der Waals surface area contributed by atoms with Crippen LogP contribution in [0.5, 0.6) is 0 Å². The summed E-state index contributed by atoms with van der Waals surface area (Å²) < 4.78 is 13.5. The zero-order valence-corrected chi connectivity index (χ0v) is 13.7. The Bertz CT molecular complexity index is 869. The number of aromatic amines is 1. The molecule has 0 radical (unpaired) electrons. The van der Waals surface area contributed by atoms with Crippen molar-refractivity contribution in [3.8, 4) is 11.1 Å². The van der Waals surface area contributed by atoms with Gasteiger partial charge in [-0.3, -0.25) is 5.10 Å². The highest BCUT2D eigenvalue weighted by molar-refractivity contribution is 5.66. The number of piperidine rings is 1. The Hall–Kier alpha value is -2.96. The summed E-state index contributed by atoms with van der Waals surface area (Å²) in [6, 6.07) is 8.52. The van der Waals surface area contributed by atoms with E-state index >= 15 is 0 Å². The third-order valence-electron chi connectivity index (χ3n) is 4.69. The number of nitrogen functional groups attached to an aromatic ring is 1. The lowest BCUT2D eigenvalue weighted by atomic mass is 9.89. The van der Waals surface area contributed by atoms with Gasteiger partial charge in [0.15, 0.2) is 0 Å². The summed E-state index contributed by atoms with van der Waals surface area (Å²) in [4.78, 5) is 10.4. The van der Waals surface area contributed by atoms with Crippen LogP contribution in [-0.2, 0) is 0 Å². The number of hydrogen-bond acceptors (Lipinski definition) is 5. The van der Waals surface area contributed by atoms with Crippen molar-refractivity contribution in [1.82, 2.24) is 20.2 Å². The van der Waals surface area contributed by atoms with Crippen LogP contribution in [0.25, 0.3) is 11.1 Å². The number of benzene rings is 1. The van der Waals surface area contributed by atoms with Crippen LogP contribution >= 0.6 is 0 Å². The van der Waals surface area contributed by atoms with E-state index in [1.54, 1.807) is 24.5 Å². The number of nitrogens with one attached hydrogen (secondary N) is 1. The van der Waals surface area contributed by atoms with Crippen LogP contribution in [0.4, 0.5) is 16.2 Å². The molecule has 2 aromatic heterocycles. The van der Waals surface area contributed by atoms with E-state index in [-0.39, 0.29) is 5.82 Å². The maximum absolute atomic E-state index is 13.5. The second kappa shape index (κ2) is 6.51. The lowest BCUT2D eigenvalue weighted by Crippen LogP contribution is -2.33. The van der Waals surface area contributed by atoms with Crippen molar-refractivity contribution in [1.29, 1.82) is 0 Å². The number of anilines is 2. The molecular formula is C18H19FN6. The van der Waals surface area contributed by atoms with Crippen LogP contribution in [0.2, 0.25) is 0 Å². The van der Waals surface area contributed by atoms with E-state index in [0.29, 0.717) is 11.9 Å². The molecule has 1 aliphatic heterocycles. The molecule has 0 unspecified atom stereocenters. The van der Waals surface area contributed by atoms with Gasteiger partial charge in [0.1, 0.15) is 11.6 Å². The molecule has 0 atom stereocenters. The topological polar surface area (TPSA) is 83.7 Å². The summed E-state index contributed by atoms with van der Waals surface area (Å²) in [7, 11) is 0. The van der Waals surface area contributed by atoms with Crippen LogP contribution in [0.15, 0.2) is 42.7 Å². The van der Waals surface area contributed by atoms with Gasteiger partial charge in [-0.2, -0.15) is 10.1 Å². The number of aromatic nitrogens is 4. The van der Waals surface area contributed by atoms with Crippen molar-refractivity contribution in [2.24, 2.45) is 0 Å². The summed E-state index contributed by atoms with van der Waals surface area (Å²) in [6.45, 7) is 1.76. The second-order valence-electron chi connectivity index (χ2n) is 6.24. The largest absolute Gasteiger partial charge is 0.368 e. The molecule has 0 bridgehead atoms. The first-order valence-corrected chi connectivity index (χ1v) is 8.33. The molecule has 128 valence electrons. The zero-order valence-electron chi connectivity index (χ0n) is 13.7. The Morgan fingerprint density at radius 2 is 2.04 bits per heavy atom. The van der Waals surface area contributed by atoms with Gasteiger partial charge in [-0.05, 0) is 36.6 Å². The molecule has 0 spiro atoms. The third-order valence-corrected chi connectivity index (χ3v) is 4.69. The van der Waals surface area contributed by atoms with Crippen LogP contribution in [0.3, 0.4) is 0 Å². The van der Waals surface area contributed by atoms with E-state index in [4.69, 9.17) is 5.73 Å². The smallest absolute Gasteiger partial charge is 0.221 e. The Morgan fingerprint density at radius 1 is 1.20 bits per heavy atom. The molecule has 1 aromatic carbocycles. The molecule has 1 saturated heterocycles. The van der Waals surface area contributed by atoms with E-state index in [1.807, 2.05) is 12.1 Å². The number of hydrogen-bond donors (Lipinski definition) is 2. The standard InChI is InChI=1S/C18H19FN6/c19-14-3-1-2-13(10-14)15-11-22-24-17(15)12-5-8-25(9-6-12)16-4-7-21-18(20)23-16/h1-4,7,10-12H,5-6,8-9H2,(H,22,24)(H2,20,21,23). The molecule has 25 heavy (non-hydrogen) atoms. The highest BCUT2D eigenvalue weighted by Gasteiger charge is 2.25. The van der Waals surface area contributed by atoms with Gasteiger partial charge in [0.25, 0.3) is 0 Å². The molecular weight excluding hydrogens is 319 g/mol. The first kappa shape index (κ1) is 15.6. The summed E-state index contributed by atoms with van der Waals surface area (Å²) in [5, 5.41) is 7.31. The normalized spacial score (nSPS) is 15.5. The van der Waals surface area contributed by atoms with Gasteiger partial charge in [-0.1, -0.05) is 12.1 Å². The fourth-order valence-corrected chi connectivity index (χ4v) is 3.43. The number of rotatable bonds is 3. The van der Waals surface area contributed by atoms with Gasteiger partial charge in [0.05, 0.1) is 6.20 Å². The number of nitrogens with two attached hydrogens (primary N) is 1. The fourth-order valence-electron chi connectivity index (χ4n) is 3.43. The van der Waals surface area contributed by atoms with Crippen molar-refractivity contribution < 1.29 is 4.39 Å². The van der Waals surface area contributed by atoms with Crippen molar-refractivity contribution in [2.75, 3.05) is 23.7 Å². The second-order valence-corrected chi connectivity index (χ2v) is 6.24. The van der Waals surface area contributed by atoms with E-state index in [2.05, 4.69) is 25.1 Å². The predicted octanol–water partition coefficient (Wildman–Crippen LogP) is 2.97. The number of H-pyrrole nitrogens is 1. The lowest BCUT2D eigenvalue weighted by molar-refractivity contribution is 0.494. The Balaban J connectivity index is 1.51. The van der Waals surface area contributed by atoms with Gasteiger partial charge in [0.2, 0.25) is 5.95 Å². The number of halogens is 1. The van der Waals surface area contributed by atoms with E-state index in [0.717, 1.165) is 48.6 Å². The van der Waals surface area contributed by atoms with Crippen LogP contribution in [0, 0.1) is 5.82 Å². The molecule has 4 rings (SSSR count). The highest BCUT2D eigenvalue weighted by Crippen LogP contribution is 2.34. The van der Waals surface area contributed by atoms with Crippen molar-refractivity contribution in [2.45, 2.75) is 18.8 Å². The third kappa shape index (κ3) is 3.17. The van der Waals surface area contributed by atoms with Crippen molar-refractivity contribution in [3.05, 3.63) is 54.2 Å². The molecule has 3 aromatic rings. The van der Waals surface area contributed by atoms with E-state index in [9.17, 15) is 4.39 Å². The average molecular weight is 338 g/mol. The van der Waals surface area contributed by atoms with Gasteiger partial charge < -0.3 is 10.6 Å². The summed E-state index contributed by atoms with van der Waals surface area (Å²) in [6.07, 6.45) is 5.39. The van der Waals surface area contributed by atoms with Gasteiger partial charge >= 0.3 is 0 Å². The van der Waals surface area contributed by atoms with Crippen LogP contribution < -0.4 is 10.6 Å². The molecule has 3 N–H and O–H groups in total. The molecule has 0 amide bonds. The lowest BCUT2D eigenvalue weighted by Gasteiger charge is -2.32. The zero-order chi connectivity index (χ0) is 17.2. The Morgan fingerprint density at radius 3 is 2.80 bits per heavy atom. The molecule has 1 aliphatic rings. The minimum absolute atomic E-state index is 0.235. The van der Waals surface area contributed by atoms with Crippen molar-refractivity contribution >= 4 is 11.8 Å². The first-order chi connectivity index (χ1) is 12.2. The summed E-state index contributed by atoms with van der Waals surface area (Å²) in [5.41, 5.74) is 8.58. The summed E-state index contributed by atoms with van der Waals surface area (Å²) >= 11 is 0. The number of nitrogens with zero attached hydrogens (tertiary/aromatic N) is 4. The Kier molecular flexibility index (Phi) is 4.05. The molecule has 6 nitrogen and oxygen atoms in total. The quantitative estimate of drug-likeness (QED) is 0.767. The van der Waals surface area contributed by atoms with Crippen molar-refractivity contribution in [3.63, 3.8) is 0 Å². The van der Waals surface area contributed by atoms with Gasteiger partial charge in [-0.25, -0.2) is 9.37 Å². The Labute approximate surface area is 144 Å². The van der Waals surface area contributed by atoms with Gasteiger partial charge in [-0.15, -0.1) is 0 Å². The summed E-state index contributed by atoms with van der Waals surface area (Å²) in [5.74, 6) is 1.28. The van der Waals surface area contributed by atoms with E-state index in [1.165, 1.54) is 6.07 Å². The maximum atomic E-state index is 13.5. The molecule has 0 saturated carbocycles. The minimum atomic E-state index is -0.235. The maximum Gasteiger partial charge on any atom is 0.221 e. The predicted molar refractivity (Wildman–Crippen MR) is 94.6 cm³/mol. The molecule has 7 heteroatoms. The van der Waals surface area contributed by atoms with Crippen LogP contribution in [-0.4, -0.2) is 33.3 Å². The van der Waals surface area contributed by atoms with Crippen LogP contribution in [0.1, 0.15) is 24.5 Å². The average Bonchev–Trinajstić information content (AvgIpc) is 3.12. The minimum Gasteiger partial charge on any atom is -0.368 e. The van der Waals surface area contributed by atoms with Gasteiger partial charge in [0, 0.05) is 36.5 Å². The molecule has 3 heterocycles. The van der Waals surface area contributed by atoms with E-state index < -0.39 is 0 Å². The molecule has 1 fully saturated rings. The first-order valence-electron chi connectivity index (χ1n) is 8.33. The fraction of sp³-hybridized carbons (Fsp3) is 0.278. The monoisotopic (exact) mass is 338 g/mol. The highest BCUT2D eigenvalue weighted by atomic mass is 19.1.